The van der Waals surface area contributed by atoms with E-state index in [4.69, 9.17) is 16.3 Å². The summed E-state index contributed by atoms with van der Waals surface area (Å²) >= 11 is 6.03. The Kier molecular flexibility index (Phi) is 4.58. The first-order valence-electron chi connectivity index (χ1n) is 7.34. The van der Waals surface area contributed by atoms with Crippen LogP contribution in [0.1, 0.15) is 18.9 Å². The molecule has 1 atom stereocenters. The van der Waals surface area contributed by atoms with Crippen molar-refractivity contribution in [1.29, 1.82) is 0 Å². The minimum absolute atomic E-state index is 0.301. The topological polar surface area (TPSA) is 30.3 Å². The number of benzene rings is 1. The summed E-state index contributed by atoms with van der Waals surface area (Å²) in [6.45, 7) is 5.95. The molecule has 112 valence electrons. The van der Waals surface area contributed by atoms with Crippen molar-refractivity contribution >= 4 is 11.6 Å². The predicted molar refractivity (Wildman–Crippen MR) is 83.9 cm³/mol. The van der Waals surface area contributed by atoms with E-state index in [9.17, 15) is 0 Å². The van der Waals surface area contributed by atoms with Gasteiger partial charge in [-0.25, -0.2) is 4.68 Å². The van der Waals surface area contributed by atoms with Crippen molar-refractivity contribution in [3.05, 3.63) is 47.2 Å². The second-order valence-electron chi connectivity index (χ2n) is 5.54. The van der Waals surface area contributed by atoms with Crippen LogP contribution < -0.4 is 0 Å². The molecule has 1 aromatic heterocycles. The summed E-state index contributed by atoms with van der Waals surface area (Å²) in [7, 11) is 0. The molecule has 1 aliphatic heterocycles. The van der Waals surface area contributed by atoms with Gasteiger partial charge in [0.25, 0.3) is 0 Å². The maximum absolute atomic E-state index is 6.03. The van der Waals surface area contributed by atoms with Gasteiger partial charge in [0.2, 0.25) is 0 Å². The fourth-order valence-electron chi connectivity index (χ4n) is 2.68. The van der Waals surface area contributed by atoms with E-state index >= 15 is 0 Å². The third kappa shape index (κ3) is 3.84. The summed E-state index contributed by atoms with van der Waals surface area (Å²) in [5.41, 5.74) is 2.20. The number of rotatable bonds is 3. The highest BCUT2D eigenvalue weighted by molar-refractivity contribution is 6.30. The molecular weight excluding hydrogens is 286 g/mol. The molecule has 1 unspecified atom stereocenters. The first kappa shape index (κ1) is 14.6. The van der Waals surface area contributed by atoms with E-state index in [-0.39, 0.29) is 0 Å². The summed E-state index contributed by atoms with van der Waals surface area (Å²) in [4.78, 5) is 2.43. The van der Waals surface area contributed by atoms with Gasteiger partial charge < -0.3 is 4.74 Å². The Balaban J connectivity index is 1.70. The summed E-state index contributed by atoms with van der Waals surface area (Å²) in [6.07, 6.45) is 5.39. The molecule has 0 bridgehead atoms. The fourth-order valence-corrected chi connectivity index (χ4v) is 2.87. The summed E-state index contributed by atoms with van der Waals surface area (Å²) in [6, 6.07) is 7.73. The van der Waals surface area contributed by atoms with Gasteiger partial charge >= 0.3 is 0 Å². The van der Waals surface area contributed by atoms with Gasteiger partial charge in [0.05, 0.1) is 18.0 Å². The SMILES string of the molecule is CC1CN(Cc2cnn(-c3cccc(Cl)c3)c2)CCCO1. The van der Waals surface area contributed by atoms with Crippen LogP contribution in [-0.4, -0.2) is 40.5 Å². The van der Waals surface area contributed by atoms with Gasteiger partial charge in [-0.2, -0.15) is 5.10 Å². The first-order valence-corrected chi connectivity index (χ1v) is 7.72. The van der Waals surface area contributed by atoms with Crippen LogP contribution in [0.25, 0.3) is 5.69 Å². The molecule has 1 aliphatic rings. The molecule has 5 heteroatoms. The molecule has 1 aromatic carbocycles. The second-order valence-corrected chi connectivity index (χ2v) is 5.98. The average Bonchev–Trinajstić information content (AvgIpc) is 2.82. The zero-order valence-electron chi connectivity index (χ0n) is 12.2. The third-order valence-electron chi connectivity index (χ3n) is 3.65. The van der Waals surface area contributed by atoms with Gasteiger partial charge in [-0.1, -0.05) is 17.7 Å². The van der Waals surface area contributed by atoms with Crippen LogP contribution >= 0.6 is 11.6 Å². The van der Waals surface area contributed by atoms with Crippen LogP contribution in [0.5, 0.6) is 0 Å². The lowest BCUT2D eigenvalue weighted by Crippen LogP contribution is -2.29. The van der Waals surface area contributed by atoms with Crippen molar-refractivity contribution in [2.45, 2.75) is 26.0 Å². The molecule has 2 heterocycles. The molecule has 21 heavy (non-hydrogen) atoms. The maximum atomic E-state index is 6.03. The van der Waals surface area contributed by atoms with E-state index in [0.717, 1.165) is 43.4 Å². The molecule has 4 nitrogen and oxygen atoms in total. The molecule has 2 aromatic rings. The zero-order valence-corrected chi connectivity index (χ0v) is 13.0. The van der Waals surface area contributed by atoms with Crippen molar-refractivity contribution in [2.24, 2.45) is 0 Å². The zero-order chi connectivity index (χ0) is 14.7. The summed E-state index contributed by atoms with van der Waals surface area (Å²) < 4.78 is 7.56. The Hall–Kier alpha value is -1.36. The highest BCUT2D eigenvalue weighted by atomic mass is 35.5. The smallest absolute Gasteiger partial charge is 0.0674 e. The minimum Gasteiger partial charge on any atom is -0.377 e. The summed E-state index contributed by atoms with van der Waals surface area (Å²) in [5, 5.41) is 5.16. The molecule has 1 fully saturated rings. The third-order valence-corrected chi connectivity index (χ3v) is 3.89. The highest BCUT2D eigenvalue weighted by Gasteiger charge is 2.15. The lowest BCUT2D eigenvalue weighted by atomic mass is 10.3. The van der Waals surface area contributed by atoms with Crippen LogP contribution in [0.4, 0.5) is 0 Å². The lowest BCUT2D eigenvalue weighted by Gasteiger charge is -2.20. The van der Waals surface area contributed by atoms with E-state index in [0.29, 0.717) is 6.10 Å². The van der Waals surface area contributed by atoms with Crippen LogP contribution in [0.2, 0.25) is 5.02 Å². The Morgan fingerprint density at radius 2 is 2.33 bits per heavy atom. The van der Waals surface area contributed by atoms with Gasteiger partial charge in [0.15, 0.2) is 0 Å². The quantitative estimate of drug-likeness (QED) is 0.873. The fraction of sp³-hybridized carbons (Fsp3) is 0.438. The predicted octanol–water partition coefficient (Wildman–Crippen LogP) is 3.14. The number of halogens is 1. The number of ether oxygens (including phenoxy) is 1. The average molecular weight is 306 g/mol. The number of hydrogen-bond acceptors (Lipinski definition) is 3. The molecular formula is C16H20ClN3O. The Bertz CT molecular complexity index is 599. The molecule has 0 aliphatic carbocycles. The largest absolute Gasteiger partial charge is 0.377 e. The van der Waals surface area contributed by atoms with Crippen molar-refractivity contribution in [2.75, 3.05) is 19.7 Å². The number of nitrogens with zero attached hydrogens (tertiary/aromatic N) is 3. The van der Waals surface area contributed by atoms with Gasteiger partial charge in [0, 0.05) is 43.0 Å². The van der Waals surface area contributed by atoms with E-state index < -0.39 is 0 Å². The van der Waals surface area contributed by atoms with Crippen molar-refractivity contribution in [1.82, 2.24) is 14.7 Å². The van der Waals surface area contributed by atoms with E-state index in [1.165, 1.54) is 5.56 Å². The molecule has 1 saturated heterocycles. The Morgan fingerprint density at radius 3 is 3.19 bits per heavy atom. The summed E-state index contributed by atoms with van der Waals surface area (Å²) in [5.74, 6) is 0. The second kappa shape index (κ2) is 6.60. The molecule has 0 saturated carbocycles. The normalized spacial score (nSPS) is 20.4. The van der Waals surface area contributed by atoms with Crippen LogP contribution in [-0.2, 0) is 11.3 Å². The van der Waals surface area contributed by atoms with Gasteiger partial charge in [0.1, 0.15) is 0 Å². The molecule has 0 spiro atoms. The van der Waals surface area contributed by atoms with Crippen molar-refractivity contribution < 1.29 is 4.74 Å². The number of aromatic nitrogens is 2. The lowest BCUT2D eigenvalue weighted by molar-refractivity contribution is 0.0668. The van der Waals surface area contributed by atoms with Crippen molar-refractivity contribution in [3.8, 4) is 5.69 Å². The first-order chi connectivity index (χ1) is 10.2. The van der Waals surface area contributed by atoms with Gasteiger partial charge in [-0.15, -0.1) is 0 Å². The van der Waals surface area contributed by atoms with E-state index in [1.54, 1.807) is 0 Å². The standard InChI is InChI=1S/C16H20ClN3O/c1-13-10-19(6-3-7-21-13)11-14-9-18-20(12-14)16-5-2-4-15(17)8-16/h2,4-5,8-9,12-13H,3,6-7,10-11H2,1H3. The molecule has 3 rings (SSSR count). The van der Waals surface area contributed by atoms with Crippen LogP contribution in [0.15, 0.2) is 36.7 Å². The highest BCUT2D eigenvalue weighted by Crippen LogP contribution is 2.16. The van der Waals surface area contributed by atoms with E-state index in [1.807, 2.05) is 35.1 Å². The maximum Gasteiger partial charge on any atom is 0.0674 e. The van der Waals surface area contributed by atoms with E-state index in [2.05, 4.69) is 23.1 Å². The minimum atomic E-state index is 0.301. The Morgan fingerprint density at radius 1 is 1.43 bits per heavy atom. The molecule has 0 radical (unpaired) electrons. The molecule has 0 amide bonds. The van der Waals surface area contributed by atoms with Gasteiger partial charge in [-0.05, 0) is 31.5 Å². The van der Waals surface area contributed by atoms with Crippen LogP contribution in [0.3, 0.4) is 0 Å². The number of hydrogen-bond donors (Lipinski definition) is 0. The molecule has 0 N–H and O–H groups in total. The van der Waals surface area contributed by atoms with Crippen LogP contribution in [0, 0.1) is 0 Å². The van der Waals surface area contributed by atoms with Gasteiger partial charge in [-0.3, -0.25) is 4.90 Å². The monoisotopic (exact) mass is 305 g/mol. The Labute approximate surface area is 130 Å². The van der Waals surface area contributed by atoms with Crippen molar-refractivity contribution in [3.63, 3.8) is 0 Å².